The van der Waals surface area contributed by atoms with E-state index in [2.05, 4.69) is 20.8 Å². The van der Waals surface area contributed by atoms with Gasteiger partial charge in [-0.2, -0.15) is 5.10 Å². The van der Waals surface area contributed by atoms with Crippen molar-refractivity contribution in [2.75, 3.05) is 19.6 Å². The van der Waals surface area contributed by atoms with Gasteiger partial charge in [-0.05, 0) is 24.3 Å². The van der Waals surface area contributed by atoms with Crippen molar-refractivity contribution in [3.05, 3.63) is 41.8 Å². The molecule has 7 heteroatoms. The summed E-state index contributed by atoms with van der Waals surface area (Å²) in [7, 11) is 0. The van der Waals surface area contributed by atoms with Crippen LogP contribution < -0.4 is 10.6 Å². The third-order valence-electron chi connectivity index (χ3n) is 3.88. The van der Waals surface area contributed by atoms with E-state index in [1.807, 2.05) is 0 Å². The summed E-state index contributed by atoms with van der Waals surface area (Å²) in [6.45, 7) is 2.91. The minimum absolute atomic E-state index is 0. The maximum atomic E-state index is 13.0. The van der Waals surface area contributed by atoms with Crippen LogP contribution in [0.1, 0.15) is 5.56 Å². The van der Waals surface area contributed by atoms with Gasteiger partial charge in [0.1, 0.15) is 5.82 Å². The smallest absolute Gasteiger partial charge is 0.123 e. The monoisotopic (exact) mass is 326 g/mol. The lowest BCUT2D eigenvalue weighted by Gasteiger charge is -2.14. The predicted molar refractivity (Wildman–Crippen MR) is 85.3 cm³/mol. The first kappa shape index (κ1) is 16.9. The van der Waals surface area contributed by atoms with E-state index in [1.54, 1.807) is 18.3 Å². The van der Waals surface area contributed by atoms with E-state index in [0.29, 0.717) is 13.1 Å². The lowest BCUT2D eigenvalue weighted by atomic mass is 10.1. The van der Waals surface area contributed by atoms with E-state index >= 15 is 0 Å². The van der Waals surface area contributed by atoms with Gasteiger partial charge in [-0.3, -0.25) is 5.10 Å². The number of hydrogen-bond donors (Lipinski definition) is 4. The Morgan fingerprint density at radius 3 is 2.73 bits per heavy atom. The molecule has 2 aromatic rings. The fourth-order valence-electron chi connectivity index (χ4n) is 2.63. The van der Waals surface area contributed by atoms with Crippen molar-refractivity contribution in [3.63, 3.8) is 0 Å². The zero-order valence-electron chi connectivity index (χ0n) is 12.1. The second kappa shape index (κ2) is 7.69. The fourth-order valence-corrected chi connectivity index (χ4v) is 2.63. The molecule has 1 aromatic heterocycles. The minimum Gasteiger partial charge on any atom is -0.391 e. The molecule has 4 N–H and O–H groups in total. The molecule has 2 unspecified atom stereocenters. The molecule has 1 aromatic carbocycles. The SMILES string of the molecule is Cl.OC1CNCC1CNCc1cn[nH]c1-c1ccc(F)cc1. The molecule has 0 spiro atoms. The van der Waals surface area contributed by atoms with Crippen LogP contribution in [0.25, 0.3) is 11.3 Å². The van der Waals surface area contributed by atoms with Gasteiger partial charge in [0.25, 0.3) is 0 Å². The molecule has 1 fully saturated rings. The fraction of sp³-hybridized carbons (Fsp3) is 0.400. The highest BCUT2D eigenvalue weighted by molar-refractivity contribution is 5.85. The summed E-state index contributed by atoms with van der Waals surface area (Å²) in [6, 6.07) is 6.34. The Balaban J connectivity index is 0.00000176. The number of aliphatic hydroxyl groups excluding tert-OH is 1. The van der Waals surface area contributed by atoms with E-state index in [4.69, 9.17) is 0 Å². The van der Waals surface area contributed by atoms with Crippen molar-refractivity contribution in [2.45, 2.75) is 12.6 Å². The summed E-state index contributed by atoms with van der Waals surface area (Å²) in [5, 5.41) is 23.3. The van der Waals surface area contributed by atoms with Gasteiger partial charge in [-0.15, -0.1) is 12.4 Å². The number of aliphatic hydroxyl groups is 1. The third-order valence-corrected chi connectivity index (χ3v) is 3.88. The number of nitrogens with zero attached hydrogens (tertiary/aromatic N) is 1. The average molecular weight is 327 g/mol. The van der Waals surface area contributed by atoms with E-state index in [-0.39, 0.29) is 30.2 Å². The number of nitrogens with one attached hydrogen (secondary N) is 3. The maximum absolute atomic E-state index is 13.0. The molecule has 0 bridgehead atoms. The Bertz CT molecular complexity index is 589. The predicted octanol–water partition coefficient (Wildman–Crippen LogP) is 1.31. The molecule has 1 aliphatic heterocycles. The normalized spacial score (nSPS) is 20.8. The molecule has 0 aliphatic carbocycles. The van der Waals surface area contributed by atoms with Gasteiger partial charge in [0.2, 0.25) is 0 Å². The van der Waals surface area contributed by atoms with Crippen molar-refractivity contribution < 1.29 is 9.50 Å². The highest BCUT2D eigenvalue weighted by atomic mass is 35.5. The number of halogens is 2. The summed E-state index contributed by atoms with van der Waals surface area (Å²) >= 11 is 0. The molecule has 2 atom stereocenters. The summed E-state index contributed by atoms with van der Waals surface area (Å²) in [4.78, 5) is 0. The van der Waals surface area contributed by atoms with Crippen LogP contribution in [0.4, 0.5) is 4.39 Å². The van der Waals surface area contributed by atoms with Crippen LogP contribution in [0.2, 0.25) is 0 Å². The van der Waals surface area contributed by atoms with E-state index in [1.165, 1.54) is 12.1 Å². The number of aromatic nitrogens is 2. The summed E-state index contributed by atoms with van der Waals surface area (Å²) in [6.07, 6.45) is 1.49. The number of β-amino-alcohol motifs (C(OH)–C–C–N with tert-alkyl or cyclic N) is 1. The highest BCUT2D eigenvalue weighted by Gasteiger charge is 2.24. The number of rotatable bonds is 5. The summed E-state index contributed by atoms with van der Waals surface area (Å²) < 4.78 is 13.0. The number of hydrogen-bond acceptors (Lipinski definition) is 4. The standard InChI is InChI=1S/C15H19FN4O.ClH/c16-13-3-1-10(2-4-13)15-12(8-19-20-15)7-17-5-11-6-18-9-14(11)21;/h1-4,8,11,14,17-18,21H,5-7,9H2,(H,19,20);1H. The van der Waals surface area contributed by atoms with Gasteiger partial charge < -0.3 is 15.7 Å². The molecule has 0 radical (unpaired) electrons. The molecule has 5 nitrogen and oxygen atoms in total. The van der Waals surface area contributed by atoms with Crippen molar-refractivity contribution in [2.24, 2.45) is 5.92 Å². The Labute approximate surface area is 134 Å². The molecular formula is C15H20ClFN4O. The second-order valence-corrected chi connectivity index (χ2v) is 5.39. The first-order valence-corrected chi connectivity index (χ1v) is 7.11. The minimum atomic E-state index is -0.279. The van der Waals surface area contributed by atoms with Crippen LogP contribution in [-0.2, 0) is 6.54 Å². The summed E-state index contributed by atoms with van der Waals surface area (Å²) in [5.41, 5.74) is 2.84. The first-order chi connectivity index (χ1) is 10.2. The number of H-pyrrole nitrogens is 1. The Morgan fingerprint density at radius 2 is 2.05 bits per heavy atom. The zero-order valence-corrected chi connectivity index (χ0v) is 12.9. The van der Waals surface area contributed by atoms with Crippen LogP contribution in [0.15, 0.2) is 30.5 Å². The Kier molecular flexibility index (Phi) is 5.90. The van der Waals surface area contributed by atoms with Gasteiger partial charge in [0.15, 0.2) is 0 Å². The molecule has 22 heavy (non-hydrogen) atoms. The number of aromatic amines is 1. The van der Waals surface area contributed by atoms with Crippen LogP contribution in [0.5, 0.6) is 0 Å². The van der Waals surface area contributed by atoms with Gasteiger partial charge in [-0.1, -0.05) is 0 Å². The molecule has 2 heterocycles. The third kappa shape index (κ3) is 3.84. The first-order valence-electron chi connectivity index (χ1n) is 7.11. The van der Waals surface area contributed by atoms with Crippen molar-refractivity contribution in [1.82, 2.24) is 20.8 Å². The Morgan fingerprint density at radius 1 is 1.27 bits per heavy atom. The van der Waals surface area contributed by atoms with Crippen molar-refractivity contribution in [1.29, 1.82) is 0 Å². The molecular weight excluding hydrogens is 307 g/mol. The van der Waals surface area contributed by atoms with Crippen LogP contribution in [0.3, 0.4) is 0 Å². The topological polar surface area (TPSA) is 73.0 Å². The van der Waals surface area contributed by atoms with Gasteiger partial charge in [0, 0.05) is 43.2 Å². The molecule has 0 amide bonds. The van der Waals surface area contributed by atoms with Crippen LogP contribution >= 0.6 is 12.4 Å². The van der Waals surface area contributed by atoms with Gasteiger partial charge in [0.05, 0.1) is 18.0 Å². The second-order valence-electron chi connectivity index (χ2n) is 5.39. The molecule has 1 aliphatic rings. The largest absolute Gasteiger partial charge is 0.391 e. The van der Waals surface area contributed by atoms with E-state index in [0.717, 1.165) is 29.9 Å². The van der Waals surface area contributed by atoms with Crippen LogP contribution in [0, 0.1) is 11.7 Å². The average Bonchev–Trinajstić information content (AvgIpc) is 3.10. The zero-order chi connectivity index (χ0) is 14.7. The number of benzene rings is 1. The molecule has 0 saturated carbocycles. The lowest BCUT2D eigenvalue weighted by Crippen LogP contribution is -2.30. The van der Waals surface area contributed by atoms with E-state index in [9.17, 15) is 9.50 Å². The van der Waals surface area contributed by atoms with Crippen LogP contribution in [-0.4, -0.2) is 41.0 Å². The maximum Gasteiger partial charge on any atom is 0.123 e. The summed E-state index contributed by atoms with van der Waals surface area (Å²) in [5.74, 6) is -0.00756. The molecule has 1 saturated heterocycles. The Hall–Kier alpha value is -1.47. The van der Waals surface area contributed by atoms with E-state index < -0.39 is 0 Å². The quantitative estimate of drug-likeness (QED) is 0.668. The van der Waals surface area contributed by atoms with Crippen molar-refractivity contribution in [3.8, 4) is 11.3 Å². The van der Waals surface area contributed by atoms with Gasteiger partial charge >= 0.3 is 0 Å². The van der Waals surface area contributed by atoms with Crippen molar-refractivity contribution >= 4 is 12.4 Å². The lowest BCUT2D eigenvalue weighted by molar-refractivity contribution is 0.146. The van der Waals surface area contributed by atoms with Gasteiger partial charge in [-0.25, -0.2) is 4.39 Å². The molecule has 120 valence electrons. The molecule has 3 rings (SSSR count). The highest BCUT2D eigenvalue weighted by Crippen LogP contribution is 2.21.